The molecule has 0 saturated carbocycles. The lowest BCUT2D eigenvalue weighted by atomic mass is 10.1. The maximum Gasteiger partial charge on any atom is 0.248 e. The van der Waals surface area contributed by atoms with Gasteiger partial charge in [-0.05, 0) is 25.0 Å². The summed E-state index contributed by atoms with van der Waals surface area (Å²) < 4.78 is 0. The van der Waals surface area contributed by atoms with Gasteiger partial charge >= 0.3 is 0 Å². The highest BCUT2D eigenvalue weighted by atomic mass is 16.1. The lowest BCUT2D eigenvalue weighted by Crippen LogP contribution is -2.11. The van der Waals surface area contributed by atoms with Gasteiger partial charge in [-0.2, -0.15) is 0 Å². The Balaban J connectivity index is 2.73. The average Bonchev–Trinajstić information content (AvgIpc) is 2.15. The Morgan fingerprint density at radius 2 is 2.38 bits per heavy atom. The van der Waals surface area contributed by atoms with Gasteiger partial charge in [-0.1, -0.05) is 13.3 Å². The zero-order chi connectivity index (χ0) is 9.68. The van der Waals surface area contributed by atoms with Crippen LogP contribution < -0.4 is 5.73 Å². The molecular weight excluding hydrogens is 164 g/mol. The van der Waals surface area contributed by atoms with Crippen LogP contribution in [0.15, 0.2) is 18.3 Å². The zero-order valence-electron chi connectivity index (χ0n) is 7.79. The van der Waals surface area contributed by atoms with Crippen molar-refractivity contribution < 1.29 is 4.79 Å². The normalized spacial score (nSPS) is 9.92. The molecular formula is C10H14N2O. The van der Waals surface area contributed by atoms with E-state index in [1.165, 1.54) is 0 Å². The lowest BCUT2D eigenvalue weighted by molar-refractivity contribution is 0.1000. The van der Waals surface area contributed by atoms with Gasteiger partial charge in [0.25, 0.3) is 0 Å². The fraction of sp³-hybridized carbons (Fsp3) is 0.400. The smallest absolute Gasteiger partial charge is 0.248 e. The van der Waals surface area contributed by atoms with E-state index >= 15 is 0 Å². The van der Waals surface area contributed by atoms with Crippen molar-refractivity contribution in [2.24, 2.45) is 5.73 Å². The minimum atomic E-state index is -0.389. The number of pyridine rings is 1. The van der Waals surface area contributed by atoms with Crippen molar-refractivity contribution in [3.05, 3.63) is 29.6 Å². The van der Waals surface area contributed by atoms with Gasteiger partial charge in [0.2, 0.25) is 5.91 Å². The highest BCUT2D eigenvalue weighted by Gasteiger charge is 2.01. The van der Waals surface area contributed by atoms with Gasteiger partial charge in [0.05, 0.1) is 0 Å². The van der Waals surface area contributed by atoms with E-state index in [9.17, 15) is 4.79 Å². The van der Waals surface area contributed by atoms with Crippen LogP contribution in [0, 0.1) is 0 Å². The number of hydrogen-bond donors (Lipinski definition) is 1. The number of rotatable bonds is 4. The second-order valence-electron chi connectivity index (χ2n) is 3.00. The first-order valence-electron chi connectivity index (χ1n) is 4.48. The van der Waals surface area contributed by atoms with Gasteiger partial charge in [-0.15, -0.1) is 0 Å². The molecule has 1 aromatic rings. The molecule has 0 unspecified atom stereocenters. The number of aromatic nitrogens is 1. The summed E-state index contributed by atoms with van der Waals surface area (Å²) in [6.45, 7) is 2.12. The van der Waals surface area contributed by atoms with E-state index in [1.807, 2.05) is 0 Å². The Labute approximate surface area is 78.0 Å². The molecule has 0 bridgehead atoms. The van der Waals surface area contributed by atoms with Gasteiger partial charge in [0.15, 0.2) is 0 Å². The van der Waals surface area contributed by atoms with Crippen LogP contribution in [-0.2, 0) is 6.42 Å². The quantitative estimate of drug-likeness (QED) is 0.760. The van der Waals surface area contributed by atoms with E-state index in [0.29, 0.717) is 5.56 Å². The summed E-state index contributed by atoms with van der Waals surface area (Å²) in [6.07, 6.45) is 4.76. The van der Waals surface area contributed by atoms with Crippen LogP contribution in [0.4, 0.5) is 0 Å². The Morgan fingerprint density at radius 1 is 1.62 bits per heavy atom. The van der Waals surface area contributed by atoms with Crippen molar-refractivity contribution in [2.45, 2.75) is 26.2 Å². The van der Waals surface area contributed by atoms with Crippen LogP contribution in [0.3, 0.4) is 0 Å². The van der Waals surface area contributed by atoms with E-state index in [2.05, 4.69) is 11.9 Å². The third-order valence-electron chi connectivity index (χ3n) is 1.89. The van der Waals surface area contributed by atoms with Gasteiger partial charge in [0, 0.05) is 17.5 Å². The first-order valence-corrected chi connectivity index (χ1v) is 4.48. The predicted octanol–water partition coefficient (Wildman–Crippen LogP) is 1.52. The van der Waals surface area contributed by atoms with Crippen molar-refractivity contribution >= 4 is 5.91 Å². The molecule has 0 spiro atoms. The predicted molar refractivity (Wildman–Crippen MR) is 51.4 cm³/mol. The largest absolute Gasteiger partial charge is 0.366 e. The summed E-state index contributed by atoms with van der Waals surface area (Å²) in [5.41, 5.74) is 6.63. The summed E-state index contributed by atoms with van der Waals surface area (Å²) in [4.78, 5) is 15.0. The second kappa shape index (κ2) is 4.60. The lowest BCUT2D eigenvalue weighted by Gasteiger charge is -2.00. The second-order valence-corrected chi connectivity index (χ2v) is 3.00. The third-order valence-corrected chi connectivity index (χ3v) is 1.89. The molecule has 0 aliphatic carbocycles. The van der Waals surface area contributed by atoms with Crippen LogP contribution in [0.25, 0.3) is 0 Å². The van der Waals surface area contributed by atoms with Gasteiger partial charge < -0.3 is 5.73 Å². The molecule has 1 heterocycles. The summed E-state index contributed by atoms with van der Waals surface area (Å²) >= 11 is 0. The number of primary amides is 1. The van der Waals surface area contributed by atoms with E-state index in [-0.39, 0.29) is 5.91 Å². The molecule has 13 heavy (non-hydrogen) atoms. The minimum Gasteiger partial charge on any atom is -0.366 e. The number of aryl methyl sites for hydroxylation is 1. The Kier molecular flexibility index (Phi) is 3.43. The van der Waals surface area contributed by atoms with Crippen LogP contribution in [0.5, 0.6) is 0 Å². The maximum atomic E-state index is 10.8. The van der Waals surface area contributed by atoms with Crippen LogP contribution >= 0.6 is 0 Å². The number of carbonyl (C=O) groups is 1. The molecule has 0 atom stereocenters. The van der Waals surface area contributed by atoms with Crippen LogP contribution in [-0.4, -0.2) is 10.9 Å². The van der Waals surface area contributed by atoms with Crippen LogP contribution in [0.2, 0.25) is 0 Å². The molecule has 1 amide bonds. The highest BCUT2D eigenvalue weighted by molar-refractivity contribution is 5.92. The number of unbranched alkanes of at least 4 members (excludes halogenated alkanes) is 1. The number of hydrogen-bond acceptors (Lipinski definition) is 2. The summed E-state index contributed by atoms with van der Waals surface area (Å²) in [5.74, 6) is -0.389. The molecule has 0 aromatic carbocycles. The van der Waals surface area contributed by atoms with Crippen molar-refractivity contribution in [1.29, 1.82) is 0 Å². The highest BCUT2D eigenvalue weighted by Crippen LogP contribution is 2.04. The molecule has 0 aliphatic rings. The molecule has 0 radical (unpaired) electrons. The number of amides is 1. The van der Waals surface area contributed by atoms with Crippen LogP contribution in [0.1, 0.15) is 35.8 Å². The van der Waals surface area contributed by atoms with Crippen molar-refractivity contribution in [3.63, 3.8) is 0 Å². The van der Waals surface area contributed by atoms with Crippen molar-refractivity contribution in [2.75, 3.05) is 0 Å². The molecule has 3 nitrogen and oxygen atoms in total. The maximum absolute atomic E-state index is 10.8. The molecule has 1 rings (SSSR count). The number of carbonyl (C=O) groups excluding carboxylic acids is 1. The fourth-order valence-electron chi connectivity index (χ4n) is 1.13. The third kappa shape index (κ3) is 2.86. The average molecular weight is 178 g/mol. The summed E-state index contributed by atoms with van der Waals surface area (Å²) in [7, 11) is 0. The van der Waals surface area contributed by atoms with E-state index in [1.54, 1.807) is 18.3 Å². The monoisotopic (exact) mass is 178 g/mol. The van der Waals surface area contributed by atoms with E-state index in [0.717, 1.165) is 25.0 Å². The Morgan fingerprint density at radius 3 is 3.00 bits per heavy atom. The molecule has 0 aliphatic heterocycles. The fourth-order valence-corrected chi connectivity index (χ4v) is 1.13. The Bertz CT molecular complexity index is 297. The first-order chi connectivity index (χ1) is 6.24. The van der Waals surface area contributed by atoms with E-state index < -0.39 is 0 Å². The van der Waals surface area contributed by atoms with Gasteiger partial charge in [-0.25, -0.2) is 0 Å². The molecule has 3 heteroatoms. The molecule has 0 fully saturated rings. The first kappa shape index (κ1) is 9.71. The van der Waals surface area contributed by atoms with Crippen molar-refractivity contribution in [3.8, 4) is 0 Å². The molecule has 1 aromatic heterocycles. The number of nitrogens with zero attached hydrogens (tertiary/aromatic N) is 1. The van der Waals surface area contributed by atoms with Gasteiger partial charge in [0.1, 0.15) is 0 Å². The molecule has 70 valence electrons. The number of nitrogens with two attached hydrogens (primary N) is 1. The standard InChI is InChI=1S/C10H14N2O/c1-2-3-4-9-7-8(10(11)13)5-6-12-9/h5-7H,2-4H2,1H3,(H2,11,13). The van der Waals surface area contributed by atoms with Crippen molar-refractivity contribution in [1.82, 2.24) is 4.98 Å². The molecule has 2 N–H and O–H groups in total. The zero-order valence-corrected chi connectivity index (χ0v) is 7.79. The van der Waals surface area contributed by atoms with Gasteiger partial charge in [-0.3, -0.25) is 9.78 Å². The summed E-state index contributed by atoms with van der Waals surface area (Å²) in [6, 6.07) is 3.40. The minimum absolute atomic E-state index is 0.389. The molecule has 0 saturated heterocycles. The topological polar surface area (TPSA) is 56.0 Å². The SMILES string of the molecule is CCCCc1cc(C(N)=O)ccn1. The Hall–Kier alpha value is -1.38. The summed E-state index contributed by atoms with van der Waals surface area (Å²) in [5, 5.41) is 0. The van der Waals surface area contributed by atoms with E-state index in [4.69, 9.17) is 5.73 Å².